The third-order valence-corrected chi connectivity index (χ3v) is 3.33. The van der Waals surface area contributed by atoms with Crippen molar-refractivity contribution in [2.24, 2.45) is 0 Å². The fourth-order valence-corrected chi connectivity index (χ4v) is 2.11. The van der Waals surface area contributed by atoms with E-state index in [0.717, 1.165) is 16.7 Å². The molecule has 0 fully saturated rings. The Morgan fingerprint density at radius 3 is 2.67 bits per heavy atom. The van der Waals surface area contributed by atoms with Gasteiger partial charge < -0.3 is 9.26 Å². The van der Waals surface area contributed by atoms with E-state index in [1.54, 1.807) is 0 Å². The smallest absolute Gasteiger partial charge is 0.270 e. The molecule has 3 aromatic rings. The number of hydrogen-bond acceptors (Lipinski definition) is 5. The van der Waals surface area contributed by atoms with E-state index >= 15 is 0 Å². The Morgan fingerprint density at radius 1 is 1.12 bits per heavy atom. The summed E-state index contributed by atoms with van der Waals surface area (Å²) in [6, 6.07) is 15.1. The molecule has 0 radical (unpaired) electrons. The molecule has 0 saturated carbocycles. The Kier molecular flexibility index (Phi) is 4.56. The standard InChI is InChI=1S/C18H17N3O3/c1-12-6-8-15(9-7-12)23-11-16(22)19-18-20-17(24-21-18)14-5-3-4-13(2)10-14/h3-10H,11H2,1-2H3,(H,19,21,22). The topological polar surface area (TPSA) is 77.2 Å². The summed E-state index contributed by atoms with van der Waals surface area (Å²) < 4.78 is 10.6. The van der Waals surface area contributed by atoms with Crippen molar-refractivity contribution >= 4 is 11.9 Å². The van der Waals surface area contributed by atoms with Crippen molar-refractivity contribution in [3.63, 3.8) is 0 Å². The molecule has 0 spiro atoms. The van der Waals surface area contributed by atoms with Crippen molar-refractivity contribution in [2.75, 3.05) is 11.9 Å². The van der Waals surface area contributed by atoms with Gasteiger partial charge >= 0.3 is 0 Å². The summed E-state index contributed by atoms with van der Waals surface area (Å²) in [5.74, 6) is 0.744. The molecule has 6 nitrogen and oxygen atoms in total. The number of carbonyl (C=O) groups excluding carboxylic acids is 1. The Labute approximate surface area is 139 Å². The normalized spacial score (nSPS) is 10.4. The van der Waals surface area contributed by atoms with E-state index in [1.807, 2.05) is 62.4 Å². The maximum absolute atomic E-state index is 11.9. The van der Waals surface area contributed by atoms with E-state index in [4.69, 9.17) is 9.26 Å². The predicted octanol–water partition coefficient (Wildman–Crippen LogP) is 3.37. The van der Waals surface area contributed by atoms with Crippen LogP contribution in [0.3, 0.4) is 0 Å². The summed E-state index contributed by atoms with van der Waals surface area (Å²) in [4.78, 5) is 16.1. The number of hydrogen-bond donors (Lipinski definition) is 1. The summed E-state index contributed by atoms with van der Waals surface area (Å²) in [7, 11) is 0. The summed E-state index contributed by atoms with van der Waals surface area (Å²) in [5.41, 5.74) is 3.02. The van der Waals surface area contributed by atoms with Crippen molar-refractivity contribution < 1.29 is 14.1 Å². The number of nitrogens with one attached hydrogen (secondary N) is 1. The molecule has 1 aromatic heterocycles. The van der Waals surface area contributed by atoms with Crippen LogP contribution >= 0.6 is 0 Å². The van der Waals surface area contributed by atoms with Gasteiger partial charge in [-0.1, -0.05) is 35.4 Å². The zero-order valence-electron chi connectivity index (χ0n) is 13.4. The second-order valence-electron chi connectivity index (χ2n) is 5.44. The molecule has 1 heterocycles. The van der Waals surface area contributed by atoms with Gasteiger partial charge in [-0.15, -0.1) is 0 Å². The number of nitrogens with zero attached hydrogens (tertiary/aromatic N) is 2. The van der Waals surface area contributed by atoms with Crippen LogP contribution in [0.2, 0.25) is 0 Å². The zero-order chi connectivity index (χ0) is 16.9. The lowest BCUT2D eigenvalue weighted by Gasteiger charge is -2.05. The minimum Gasteiger partial charge on any atom is -0.484 e. The lowest BCUT2D eigenvalue weighted by Crippen LogP contribution is -2.20. The number of rotatable bonds is 5. The summed E-state index contributed by atoms with van der Waals surface area (Å²) in [6.45, 7) is 3.83. The molecule has 24 heavy (non-hydrogen) atoms. The molecule has 6 heteroatoms. The molecule has 0 saturated heterocycles. The molecule has 1 N–H and O–H groups in total. The van der Waals surface area contributed by atoms with Gasteiger partial charge in [-0.25, -0.2) is 0 Å². The number of benzene rings is 2. The van der Waals surface area contributed by atoms with Crippen LogP contribution < -0.4 is 10.1 Å². The number of aromatic nitrogens is 2. The number of ether oxygens (including phenoxy) is 1. The maximum Gasteiger partial charge on any atom is 0.270 e. The van der Waals surface area contributed by atoms with E-state index in [2.05, 4.69) is 15.5 Å². The minimum atomic E-state index is -0.354. The zero-order valence-corrected chi connectivity index (χ0v) is 13.4. The first kappa shape index (κ1) is 15.7. The molecular weight excluding hydrogens is 306 g/mol. The van der Waals surface area contributed by atoms with Crippen molar-refractivity contribution in [3.05, 3.63) is 59.7 Å². The molecule has 3 rings (SSSR count). The van der Waals surface area contributed by atoms with Crippen LogP contribution in [0.5, 0.6) is 5.75 Å². The largest absolute Gasteiger partial charge is 0.484 e. The van der Waals surface area contributed by atoms with Crippen LogP contribution in [-0.2, 0) is 4.79 Å². The highest BCUT2D eigenvalue weighted by Crippen LogP contribution is 2.19. The molecule has 0 atom stereocenters. The Morgan fingerprint density at radius 2 is 1.92 bits per heavy atom. The van der Waals surface area contributed by atoms with Crippen LogP contribution in [-0.4, -0.2) is 22.7 Å². The Balaban J connectivity index is 1.58. The van der Waals surface area contributed by atoms with Gasteiger partial charge in [-0.2, -0.15) is 4.98 Å². The SMILES string of the molecule is Cc1ccc(OCC(=O)Nc2noc(-c3cccc(C)c3)n2)cc1. The highest BCUT2D eigenvalue weighted by atomic mass is 16.5. The van der Waals surface area contributed by atoms with Gasteiger partial charge in [-0.3, -0.25) is 10.1 Å². The first-order valence-corrected chi connectivity index (χ1v) is 7.50. The summed E-state index contributed by atoms with van der Waals surface area (Å²) in [5, 5.41) is 6.30. The third-order valence-electron chi connectivity index (χ3n) is 3.33. The van der Waals surface area contributed by atoms with Gasteiger partial charge in [0.05, 0.1) is 0 Å². The highest BCUT2D eigenvalue weighted by molar-refractivity contribution is 5.90. The van der Waals surface area contributed by atoms with Crippen molar-refractivity contribution in [1.82, 2.24) is 10.1 Å². The van der Waals surface area contributed by atoms with Gasteiger partial charge in [-0.05, 0) is 43.3 Å². The van der Waals surface area contributed by atoms with Crippen molar-refractivity contribution in [3.8, 4) is 17.2 Å². The van der Waals surface area contributed by atoms with Gasteiger partial charge in [0.15, 0.2) is 6.61 Å². The van der Waals surface area contributed by atoms with Crippen LogP contribution in [0.4, 0.5) is 5.95 Å². The summed E-state index contributed by atoms with van der Waals surface area (Å²) in [6.07, 6.45) is 0. The average molecular weight is 323 g/mol. The number of anilines is 1. The van der Waals surface area contributed by atoms with E-state index < -0.39 is 0 Å². The third kappa shape index (κ3) is 3.98. The van der Waals surface area contributed by atoms with Gasteiger partial charge in [0.25, 0.3) is 17.7 Å². The molecule has 0 aliphatic rings. The second kappa shape index (κ2) is 6.95. The molecule has 122 valence electrons. The van der Waals surface area contributed by atoms with Gasteiger partial charge in [0.1, 0.15) is 5.75 Å². The van der Waals surface area contributed by atoms with Crippen LogP contribution in [0.1, 0.15) is 11.1 Å². The van der Waals surface area contributed by atoms with E-state index in [9.17, 15) is 4.79 Å². The van der Waals surface area contributed by atoms with Crippen molar-refractivity contribution in [1.29, 1.82) is 0 Å². The fraction of sp³-hybridized carbons (Fsp3) is 0.167. The summed E-state index contributed by atoms with van der Waals surface area (Å²) >= 11 is 0. The number of aryl methyl sites for hydroxylation is 2. The second-order valence-corrected chi connectivity index (χ2v) is 5.44. The molecule has 0 aliphatic carbocycles. The van der Waals surface area contributed by atoms with E-state index in [0.29, 0.717) is 11.6 Å². The lowest BCUT2D eigenvalue weighted by molar-refractivity contribution is -0.118. The van der Waals surface area contributed by atoms with Crippen LogP contribution in [0.25, 0.3) is 11.5 Å². The van der Waals surface area contributed by atoms with Crippen molar-refractivity contribution in [2.45, 2.75) is 13.8 Å². The molecule has 0 bridgehead atoms. The first-order chi connectivity index (χ1) is 11.6. The molecular formula is C18H17N3O3. The van der Waals surface area contributed by atoms with Crippen LogP contribution in [0.15, 0.2) is 53.1 Å². The molecule has 0 aliphatic heterocycles. The average Bonchev–Trinajstić information content (AvgIpc) is 3.03. The number of carbonyl (C=O) groups is 1. The van der Waals surface area contributed by atoms with Crippen LogP contribution in [0, 0.1) is 13.8 Å². The lowest BCUT2D eigenvalue weighted by atomic mass is 10.1. The predicted molar refractivity (Wildman–Crippen MR) is 89.8 cm³/mol. The van der Waals surface area contributed by atoms with E-state index in [-0.39, 0.29) is 18.5 Å². The molecule has 0 unspecified atom stereocenters. The minimum absolute atomic E-state index is 0.115. The maximum atomic E-state index is 11.9. The van der Waals surface area contributed by atoms with E-state index in [1.165, 1.54) is 0 Å². The fourth-order valence-electron chi connectivity index (χ4n) is 2.11. The monoisotopic (exact) mass is 323 g/mol. The van der Waals surface area contributed by atoms with Gasteiger partial charge in [0.2, 0.25) is 0 Å². The Bertz CT molecular complexity index is 841. The molecule has 2 aromatic carbocycles. The van der Waals surface area contributed by atoms with Gasteiger partial charge in [0, 0.05) is 5.56 Å². The quantitative estimate of drug-likeness (QED) is 0.779. The number of amides is 1. The molecule has 1 amide bonds. The Hall–Kier alpha value is -3.15. The highest BCUT2D eigenvalue weighted by Gasteiger charge is 2.12. The first-order valence-electron chi connectivity index (χ1n) is 7.50.